The van der Waals surface area contributed by atoms with Crippen LogP contribution in [0.2, 0.25) is 0 Å². The van der Waals surface area contributed by atoms with Gasteiger partial charge in [0.15, 0.2) is 0 Å². The monoisotopic (exact) mass is 509 g/mol. The molecule has 1 atom stereocenters. The minimum atomic E-state index is -3.56. The van der Waals surface area contributed by atoms with Gasteiger partial charge in [-0.2, -0.15) is 0 Å². The Kier molecular flexibility index (Phi) is 6.87. The molecular weight excluding hydrogens is 480 g/mol. The van der Waals surface area contributed by atoms with Gasteiger partial charge in [0.25, 0.3) is 11.8 Å². The highest BCUT2D eigenvalue weighted by molar-refractivity contribution is 7.92. The third-order valence-corrected chi connectivity index (χ3v) is 7.31. The van der Waals surface area contributed by atoms with Crippen LogP contribution in [0.1, 0.15) is 48.0 Å². The number of aromatic nitrogens is 1. The standard InChI is InChI=1S/C23H29F2N5O4S/c1-4-34-29-22(31)17-13-27-21(26-12-16-11-23(16,24)25)10-19(17)28-18-8-7-15(14-5-6-14)9-20(18)30(2)35(3,32)33/h7-10,13-14,16H,4-6,11-12H2,1-3H3,(H,29,31)(H2,26,27,28). The number of hydrogen-bond acceptors (Lipinski definition) is 7. The first kappa shape index (κ1) is 25.1. The highest BCUT2D eigenvalue weighted by Crippen LogP contribution is 2.48. The summed E-state index contributed by atoms with van der Waals surface area (Å²) in [5.41, 5.74) is 4.69. The number of amides is 1. The topological polar surface area (TPSA) is 113 Å². The Morgan fingerprint density at radius 2 is 1.97 bits per heavy atom. The lowest BCUT2D eigenvalue weighted by atomic mass is 10.1. The fourth-order valence-corrected chi connectivity index (χ4v) is 4.17. The third kappa shape index (κ3) is 5.99. The lowest BCUT2D eigenvalue weighted by Gasteiger charge is -2.23. The van der Waals surface area contributed by atoms with Gasteiger partial charge in [-0.05, 0) is 43.4 Å². The average Bonchev–Trinajstić information content (AvgIpc) is 3.72. The quantitative estimate of drug-likeness (QED) is 0.395. The second-order valence-electron chi connectivity index (χ2n) is 8.93. The van der Waals surface area contributed by atoms with E-state index >= 15 is 0 Å². The molecule has 1 heterocycles. The van der Waals surface area contributed by atoms with Gasteiger partial charge >= 0.3 is 0 Å². The molecule has 1 unspecified atom stereocenters. The van der Waals surface area contributed by atoms with Crippen molar-refractivity contribution < 1.29 is 26.8 Å². The number of pyridine rings is 1. The third-order valence-electron chi connectivity index (χ3n) is 6.12. The molecule has 0 radical (unpaired) electrons. The molecule has 2 saturated carbocycles. The number of nitrogens with one attached hydrogen (secondary N) is 3. The van der Waals surface area contributed by atoms with E-state index in [0.29, 0.717) is 28.8 Å². The maximum absolute atomic E-state index is 13.3. The first-order chi connectivity index (χ1) is 16.5. The number of carbonyl (C=O) groups is 1. The van der Waals surface area contributed by atoms with Crippen molar-refractivity contribution in [2.24, 2.45) is 5.92 Å². The maximum Gasteiger partial charge on any atom is 0.278 e. The summed E-state index contributed by atoms with van der Waals surface area (Å²) < 4.78 is 52.4. The molecule has 12 heteroatoms. The Hall–Kier alpha value is -2.99. The smallest absolute Gasteiger partial charge is 0.278 e. The molecule has 0 saturated heterocycles. The van der Waals surface area contributed by atoms with Gasteiger partial charge < -0.3 is 10.6 Å². The fraction of sp³-hybridized carbons (Fsp3) is 0.478. The van der Waals surface area contributed by atoms with Crippen molar-refractivity contribution in [2.45, 2.75) is 38.0 Å². The number of hydroxylamine groups is 1. The Balaban J connectivity index is 1.67. The van der Waals surface area contributed by atoms with Crippen molar-refractivity contribution in [3.05, 3.63) is 41.6 Å². The van der Waals surface area contributed by atoms with E-state index < -0.39 is 27.8 Å². The number of alkyl halides is 2. The molecule has 2 fully saturated rings. The lowest BCUT2D eigenvalue weighted by Crippen LogP contribution is -2.26. The van der Waals surface area contributed by atoms with Crippen LogP contribution >= 0.6 is 0 Å². The van der Waals surface area contributed by atoms with Crippen LogP contribution in [0.3, 0.4) is 0 Å². The second kappa shape index (κ2) is 9.57. The summed E-state index contributed by atoms with van der Waals surface area (Å²) in [4.78, 5) is 21.9. The number of sulfonamides is 1. The first-order valence-corrected chi connectivity index (χ1v) is 13.2. The molecule has 9 nitrogen and oxygen atoms in total. The predicted molar refractivity (Wildman–Crippen MR) is 130 cm³/mol. The average molecular weight is 510 g/mol. The summed E-state index contributed by atoms with van der Waals surface area (Å²) in [7, 11) is -2.10. The van der Waals surface area contributed by atoms with E-state index in [-0.39, 0.29) is 25.1 Å². The van der Waals surface area contributed by atoms with Gasteiger partial charge in [0.1, 0.15) is 5.82 Å². The van der Waals surface area contributed by atoms with Crippen molar-refractivity contribution in [1.82, 2.24) is 10.5 Å². The molecule has 1 aromatic carbocycles. The molecule has 0 spiro atoms. The van der Waals surface area contributed by atoms with Crippen molar-refractivity contribution in [3.8, 4) is 0 Å². The van der Waals surface area contributed by atoms with Crippen molar-refractivity contribution in [3.63, 3.8) is 0 Å². The van der Waals surface area contributed by atoms with Crippen LogP contribution in [-0.4, -0.2) is 51.7 Å². The maximum atomic E-state index is 13.3. The van der Waals surface area contributed by atoms with Crippen molar-refractivity contribution >= 4 is 38.8 Å². The fourth-order valence-electron chi connectivity index (χ4n) is 3.66. The molecule has 2 aromatic rings. The Bertz CT molecular complexity index is 1220. The molecule has 4 rings (SSSR count). The first-order valence-electron chi connectivity index (χ1n) is 11.4. The second-order valence-corrected chi connectivity index (χ2v) is 10.9. The molecule has 0 aliphatic heterocycles. The zero-order chi connectivity index (χ0) is 25.4. The highest BCUT2D eigenvalue weighted by Gasteiger charge is 2.56. The zero-order valence-electron chi connectivity index (χ0n) is 19.8. The SMILES string of the molecule is CCONC(=O)c1cnc(NCC2CC2(F)F)cc1Nc1ccc(C2CC2)cc1N(C)S(C)(=O)=O. The van der Waals surface area contributed by atoms with Crippen molar-refractivity contribution in [1.29, 1.82) is 0 Å². The van der Waals surface area contributed by atoms with Gasteiger partial charge in [0, 0.05) is 38.2 Å². The number of halogens is 2. The molecule has 0 bridgehead atoms. The normalized spacial score (nSPS) is 18.6. The number of anilines is 4. The molecule has 1 amide bonds. The summed E-state index contributed by atoms with van der Waals surface area (Å²) >= 11 is 0. The molecule has 1 aromatic heterocycles. The lowest BCUT2D eigenvalue weighted by molar-refractivity contribution is 0.0365. The van der Waals surface area contributed by atoms with Crippen LogP contribution in [0.4, 0.5) is 31.7 Å². The predicted octanol–water partition coefficient (Wildman–Crippen LogP) is 3.85. The van der Waals surface area contributed by atoms with Gasteiger partial charge in [0.05, 0.1) is 35.5 Å². The Morgan fingerprint density at radius 1 is 1.26 bits per heavy atom. The summed E-state index contributed by atoms with van der Waals surface area (Å²) in [5, 5.41) is 6.04. The van der Waals surface area contributed by atoms with Crippen LogP contribution in [0.15, 0.2) is 30.5 Å². The van der Waals surface area contributed by atoms with Crippen LogP contribution in [-0.2, 0) is 14.9 Å². The van der Waals surface area contributed by atoms with E-state index in [1.165, 1.54) is 23.6 Å². The summed E-state index contributed by atoms with van der Waals surface area (Å²) in [6, 6.07) is 7.05. The summed E-state index contributed by atoms with van der Waals surface area (Å²) in [6.07, 6.45) is 4.35. The van der Waals surface area contributed by atoms with Gasteiger partial charge in [-0.1, -0.05) is 6.07 Å². The Morgan fingerprint density at radius 3 is 2.57 bits per heavy atom. The number of hydrogen-bond donors (Lipinski definition) is 3. The van der Waals surface area contributed by atoms with E-state index in [2.05, 4.69) is 21.1 Å². The van der Waals surface area contributed by atoms with Gasteiger partial charge in [-0.3, -0.25) is 13.9 Å². The van der Waals surface area contributed by atoms with Crippen LogP contribution in [0.5, 0.6) is 0 Å². The number of nitrogens with zero attached hydrogens (tertiary/aromatic N) is 2. The van der Waals surface area contributed by atoms with Gasteiger partial charge in [-0.25, -0.2) is 27.7 Å². The molecule has 190 valence electrons. The summed E-state index contributed by atoms with van der Waals surface area (Å²) in [6.45, 7) is 2.01. The Labute approximate surface area is 203 Å². The van der Waals surface area contributed by atoms with Crippen LogP contribution in [0.25, 0.3) is 0 Å². The minimum absolute atomic E-state index is 0.0437. The molecule has 35 heavy (non-hydrogen) atoms. The minimum Gasteiger partial charge on any atom is -0.370 e. The zero-order valence-corrected chi connectivity index (χ0v) is 20.6. The van der Waals surface area contributed by atoms with E-state index in [0.717, 1.165) is 24.7 Å². The van der Waals surface area contributed by atoms with E-state index in [1.807, 2.05) is 12.1 Å². The van der Waals surface area contributed by atoms with Crippen molar-refractivity contribution in [2.75, 3.05) is 41.4 Å². The van der Waals surface area contributed by atoms with Crippen LogP contribution in [0, 0.1) is 5.92 Å². The molecule has 2 aliphatic rings. The van der Waals surface area contributed by atoms with E-state index in [9.17, 15) is 22.0 Å². The van der Waals surface area contributed by atoms with Gasteiger partial charge in [0.2, 0.25) is 10.0 Å². The summed E-state index contributed by atoms with van der Waals surface area (Å²) in [5.74, 6) is -3.28. The molecule has 3 N–H and O–H groups in total. The van der Waals surface area contributed by atoms with Crippen LogP contribution < -0.4 is 20.4 Å². The van der Waals surface area contributed by atoms with Gasteiger partial charge in [-0.15, -0.1) is 0 Å². The number of carbonyl (C=O) groups excluding carboxylic acids is 1. The highest BCUT2D eigenvalue weighted by atomic mass is 32.2. The molecule has 2 aliphatic carbocycles. The van der Waals surface area contributed by atoms with E-state index in [1.54, 1.807) is 13.0 Å². The van der Waals surface area contributed by atoms with E-state index in [4.69, 9.17) is 4.84 Å². The molecular formula is C23H29F2N5O4S. The largest absolute Gasteiger partial charge is 0.370 e. The number of rotatable bonds is 11. The number of benzene rings is 1.